The van der Waals surface area contributed by atoms with E-state index in [1.54, 1.807) is 0 Å². The largest absolute Gasteiger partial charge is 0.469 e. The van der Waals surface area contributed by atoms with Gasteiger partial charge >= 0.3 is 5.97 Å². The number of ether oxygens (including phenoxy) is 4. The zero-order chi connectivity index (χ0) is 18.3. The molecule has 0 bridgehead atoms. The predicted octanol–water partition coefficient (Wildman–Crippen LogP) is 1.64. The first kappa shape index (κ1) is 16.0. The van der Waals surface area contributed by atoms with Crippen molar-refractivity contribution in [2.75, 3.05) is 7.11 Å². The van der Waals surface area contributed by atoms with Crippen LogP contribution in [-0.4, -0.2) is 54.0 Å². The van der Waals surface area contributed by atoms with Crippen LogP contribution in [0.4, 0.5) is 0 Å². The first-order valence-electron chi connectivity index (χ1n) is 9.97. The van der Waals surface area contributed by atoms with Crippen LogP contribution < -0.4 is 0 Å². The number of carbonyl (C=O) groups excluding carboxylic acids is 2. The van der Waals surface area contributed by atoms with Crippen LogP contribution in [0.5, 0.6) is 0 Å². The van der Waals surface area contributed by atoms with Gasteiger partial charge in [-0.2, -0.15) is 0 Å². The maximum Gasteiger partial charge on any atom is 0.308 e. The Morgan fingerprint density at radius 1 is 1.23 bits per heavy atom. The summed E-state index contributed by atoms with van der Waals surface area (Å²) in [6, 6.07) is 0. The van der Waals surface area contributed by atoms with E-state index in [0.29, 0.717) is 0 Å². The molecule has 0 amide bonds. The van der Waals surface area contributed by atoms with Gasteiger partial charge in [-0.05, 0) is 31.1 Å². The summed E-state index contributed by atoms with van der Waals surface area (Å²) in [5.41, 5.74) is -2.44. The summed E-state index contributed by atoms with van der Waals surface area (Å²) in [4.78, 5) is 26.1. The summed E-state index contributed by atoms with van der Waals surface area (Å²) in [7, 11) is 1.46. The Labute approximate surface area is 152 Å². The van der Waals surface area contributed by atoms with Gasteiger partial charge in [0, 0.05) is 5.41 Å². The van der Waals surface area contributed by atoms with Gasteiger partial charge in [0.15, 0.2) is 11.2 Å². The van der Waals surface area contributed by atoms with E-state index in [-0.39, 0.29) is 53.2 Å². The summed E-state index contributed by atoms with van der Waals surface area (Å²) in [6.45, 7) is 6.30. The molecule has 0 aromatic rings. The molecule has 6 aliphatic rings. The molecule has 3 aliphatic heterocycles. The molecule has 6 rings (SSSR count). The Morgan fingerprint density at radius 2 is 2.00 bits per heavy atom. The Morgan fingerprint density at radius 3 is 2.69 bits per heavy atom. The standard InChI is InChI=1S/C20H26O6/c1-9(2)18-13(25-18)14-20(26-14)17(3)7-5-6-10(15(21)23-4)11(17)8-12-19(20,24-12)16(18)22/h9-14H,5-8H2,1-4H3/t10-,11+,12+,13+,14+,17+,18+,19-,20-/m1/s1. The fraction of sp³-hybridized carbons (Fsp3) is 0.900. The highest BCUT2D eigenvalue weighted by Crippen LogP contribution is 2.81. The van der Waals surface area contributed by atoms with Crippen molar-refractivity contribution in [1.82, 2.24) is 0 Å². The fourth-order valence-electron chi connectivity index (χ4n) is 7.46. The molecule has 0 aromatic heterocycles. The summed E-state index contributed by atoms with van der Waals surface area (Å²) in [5, 5.41) is 0. The number of carbonyl (C=O) groups is 2. The third kappa shape index (κ3) is 1.29. The van der Waals surface area contributed by atoms with Gasteiger partial charge in [-0.15, -0.1) is 0 Å². The van der Waals surface area contributed by atoms with Crippen molar-refractivity contribution in [2.45, 2.75) is 81.6 Å². The highest BCUT2D eigenvalue weighted by Gasteiger charge is 3.01. The molecule has 2 spiro atoms. The molecule has 142 valence electrons. The monoisotopic (exact) mass is 362 g/mol. The quantitative estimate of drug-likeness (QED) is 0.549. The third-order valence-electron chi connectivity index (χ3n) is 8.78. The zero-order valence-corrected chi connectivity index (χ0v) is 15.7. The topological polar surface area (TPSA) is 81.0 Å². The van der Waals surface area contributed by atoms with Crippen LogP contribution in [-0.2, 0) is 28.5 Å². The molecule has 9 atom stereocenters. The summed E-state index contributed by atoms with van der Waals surface area (Å²) in [5.74, 6) is 0.0772. The van der Waals surface area contributed by atoms with E-state index in [2.05, 4.69) is 6.92 Å². The number of fused-ring (bicyclic) bond motifs is 3. The summed E-state index contributed by atoms with van der Waals surface area (Å²) >= 11 is 0. The van der Waals surface area contributed by atoms with Gasteiger partial charge in [0.05, 0.1) is 19.1 Å². The SMILES string of the molecule is COC(=O)[C@@H]1CCC[C@@]2(C)[C@H]1C[C@@H]1O[C@@]13C(=O)[C@@]1(C(C)C)O[C@H]1[C@@H]1O[C@]123. The van der Waals surface area contributed by atoms with E-state index >= 15 is 0 Å². The molecular weight excluding hydrogens is 336 g/mol. The van der Waals surface area contributed by atoms with E-state index in [0.717, 1.165) is 25.7 Å². The van der Waals surface area contributed by atoms with Gasteiger partial charge in [0.25, 0.3) is 0 Å². The molecular formula is C20H26O6. The molecule has 6 nitrogen and oxygen atoms in total. The van der Waals surface area contributed by atoms with Crippen molar-refractivity contribution >= 4 is 11.8 Å². The number of epoxide rings is 3. The highest BCUT2D eigenvalue weighted by molar-refractivity contribution is 6.05. The minimum Gasteiger partial charge on any atom is -0.469 e. The lowest BCUT2D eigenvalue weighted by Gasteiger charge is -2.53. The maximum absolute atomic E-state index is 13.6. The summed E-state index contributed by atoms with van der Waals surface area (Å²) in [6.07, 6.45) is 3.09. The number of methoxy groups -OCH3 is 1. The van der Waals surface area contributed by atoms with Crippen LogP contribution in [0.1, 0.15) is 46.5 Å². The predicted molar refractivity (Wildman–Crippen MR) is 88.2 cm³/mol. The van der Waals surface area contributed by atoms with Gasteiger partial charge in [-0.3, -0.25) is 9.59 Å². The Balaban J connectivity index is 1.47. The molecule has 0 radical (unpaired) electrons. The van der Waals surface area contributed by atoms with Crippen molar-refractivity contribution in [1.29, 1.82) is 0 Å². The molecule has 3 aliphatic carbocycles. The van der Waals surface area contributed by atoms with Crippen LogP contribution in [0.15, 0.2) is 0 Å². The molecule has 0 unspecified atom stereocenters. The first-order chi connectivity index (χ1) is 12.3. The normalized spacial score (nSPS) is 60.8. The van der Waals surface area contributed by atoms with Gasteiger partial charge in [-0.25, -0.2) is 0 Å². The van der Waals surface area contributed by atoms with Crippen LogP contribution in [0.2, 0.25) is 0 Å². The second-order valence-electron chi connectivity index (χ2n) is 9.71. The van der Waals surface area contributed by atoms with Crippen LogP contribution in [0.3, 0.4) is 0 Å². The first-order valence-corrected chi connectivity index (χ1v) is 9.97. The van der Waals surface area contributed by atoms with Crippen LogP contribution in [0, 0.1) is 23.2 Å². The number of Topliss-reactive ketones (excluding diaryl/α,β-unsaturated/α-hetero) is 1. The Kier molecular flexibility index (Phi) is 2.59. The van der Waals surface area contributed by atoms with Gasteiger partial charge < -0.3 is 18.9 Å². The lowest BCUT2D eigenvalue weighted by atomic mass is 9.46. The summed E-state index contributed by atoms with van der Waals surface area (Å²) < 4.78 is 23.8. The Bertz CT molecular complexity index is 749. The number of rotatable bonds is 2. The van der Waals surface area contributed by atoms with Gasteiger partial charge in [0.1, 0.15) is 17.8 Å². The average Bonchev–Trinajstić information content (AvgIpc) is 3.48. The van der Waals surface area contributed by atoms with Crippen molar-refractivity contribution in [3.8, 4) is 0 Å². The number of hydrogen-bond donors (Lipinski definition) is 0. The van der Waals surface area contributed by atoms with Crippen molar-refractivity contribution in [3.05, 3.63) is 0 Å². The maximum atomic E-state index is 13.6. The average molecular weight is 362 g/mol. The fourth-order valence-corrected chi connectivity index (χ4v) is 7.46. The third-order valence-corrected chi connectivity index (χ3v) is 8.78. The van der Waals surface area contributed by atoms with Crippen LogP contribution in [0.25, 0.3) is 0 Å². The molecule has 6 fully saturated rings. The highest BCUT2D eigenvalue weighted by atomic mass is 16.7. The zero-order valence-electron chi connectivity index (χ0n) is 15.7. The van der Waals surface area contributed by atoms with E-state index in [9.17, 15) is 9.59 Å². The lowest BCUT2D eigenvalue weighted by Crippen LogP contribution is -2.68. The van der Waals surface area contributed by atoms with E-state index in [1.807, 2.05) is 13.8 Å². The van der Waals surface area contributed by atoms with E-state index in [4.69, 9.17) is 18.9 Å². The lowest BCUT2D eigenvalue weighted by molar-refractivity contribution is -0.159. The van der Waals surface area contributed by atoms with Crippen LogP contribution >= 0.6 is 0 Å². The molecule has 0 aromatic carbocycles. The molecule has 3 heterocycles. The minimum atomic E-state index is -0.849. The molecule has 26 heavy (non-hydrogen) atoms. The molecule has 6 heteroatoms. The Hall–Kier alpha value is -0.980. The number of hydrogen-bond acceptors (Lipinski definition) is 6. The van der Waals surface area contributed by atoms with Gasteiger partial charge in [-0.1, -0.05) is 27.2 Å². The van der Waals surface area contributed by atoms with E-state index in [1.165, 1.54) is 7.11 Å². The number of esters is 1. The second-order valence-corrected chi connectivity index (χ2v) is 9.71. The molecule has 3 saturated heterocycles. The van der Waals surface area contributed by atoms with Crippen molar-refractivity contribution < 1.29 is 28.5 Å². The minimum absolute atomic E-state index is 0.0863. The smallest absolute Gasteiger partial charge is 0.308 e. The van der Waals surface area contributed by atoms with Crippen molar-refractivity contribution in [3.63, 3.8) is 0 Å². The molecule has 3 saturated carbocycles. The number of ketones is 1. The second kappa shape index (κ2) is 4.20. The van der Waals surface area contributed by atoms with Crippen molar-refractivity contribution in [2.24, 2.45) is 23.2 Å². The molecule has 0 N–H and O–H groups in total. The van der Waals surface area contributed by atoms with Gasteiger partial charge in [0.2, 0.25) is 5.78 Å². The van der Waals surface area contributed by atoms with E-state index < -0.39 is 16.8 Å².